The van der Waals surface area contributed by atoms with Gasteiger partial charge in [-0.05, 0) is 31.2 Å². The topological polar surface area (TPSA) is 75.0 Å². The number of anilines is 2. The molecule has 0 spiro atoms. The molecule has 1 aromatic heterocycles. The van der Waals surface area contributed by atoms with Gasteiger partial charge in [0.15, 0.2) is 0 Å². The molecular formula is C20H14F3N3O2. The molecule has 3 rings (SSSR count). The van der Waals surface area contributed by atoms with Crippen molar-refractivity contribution in [1.29, 1.82) is 5.26 Å². The number of esters is 1. The molecule has 1 N–H and O–H groups in total. The second-order valence-electron chi connectivity index (χ2n) is 5.78. The molecule has 3 aromatic rings. The summed E-state index contributed by atoms with van der Waals surface area (Å²) in [5.41, 5.74) is 0.207. The highest BCUT2D eigenvalue weighted by Gasteiger charge is 2.31. The Balaban J connectivity index is 2.21. The van der Waals surface area contributed by atoms with E-state index >= 15 is 0 Å². The predicted octanol–water partition coefficient (Wildman–Crippen LogP) is 5.05. The van der Waals surface area contributed by atoms with Crippen molar-refractivity contribution in [3.8, 4) is 6.07 Å². The first kappa shape index (κ1) is 19.2. The number of nitriles is 1. The van der Waals surface area contributed by atoms with Crippen molar-refractivity contribution in [2.45, 2.75) is 13.1 Å². The Bertz CT molecular complexity index is 1090. The Hall–Kier alpha value is -3.60. The van der Waals surface area contributed by atoms with E-state index in [4.69, 9.17) is 4.74 Å². The molecule has 0 bridgehead atoms. The van der Waals surface area contributed by atoms with Crippen LogP contribution in [-0.2, 0) is 10.9 Å². The maximum absolute atomic E-state index is 13.0. The molecule has 0 saturated heterocycles. The molecule has 2 aromatic carbocycles. The largest absolute Gasteiger partial charge is 0.462 e. The number of aromatic nitrogens is 1. The van der Waals surface area contributed by atoms with Gasteiger partial charge in [0.2, 0.25) is 0 Å². The minimum atomic E-state index is -4.52. The molecule has 0 atom stereocenters. The van der Waals surface area contributed by atoms with Crippen LogP contribution in [0.1, 0.15) is 28.4 Å². The molecule has 0 amide bonds. The number of rotatable bonds is 4. The van der Waals surface area contributed by atoms with Gasteiger partial charge < -0.3 is 10.1 Å². The Kier molecular flexibility index (Phi) is 5.18. The normalized spacial score (nSPS) is 11.1. The van der Waals surface area contributed by atoms with Crippen LogP contribution in [0.5, 0.6) is 0 Å². The standard InChI is InChI=1S/C20H14F3N3O2/c1-2-28-19(27)15-11-25-17-9-13(20(21,22)23)7-8-14(17)18(15)26-16-6-4-3-5-12(16)10-24/h3-9,11H,2H2,1H3,(H,25,26). The van der Waals surface area contributed by atoms with Crippen LogP contribution in [0.2, 0.25) is 0 Å². The fourth-order valence-corrected chi connectivity index (χ4v) is 2.69. The van der Waals surface area contributed by atoms with Gasteiger partial charge in [-0.2, -0.15) is 18.4 Å². The smallest absolute Gasteiger partial charge is 0.416 e. The molecule has 1 heterocycles. The Morgan fingerprint density at radius 2 is 2.00 bits per heavy atom. The van der Waals surface area contributed by atoms with Gasteiger partial charge in [-0.15, -0.1) is 0 Å². The lowest BCUT2D eigenvalue weighted by atomic mass is 10.1. The number of fused-ring (bicyclic) bond motifs is 1. The number of nitrogens with one attached hydrogen (secondary N) is 1. The number of carbonyl (C=O) groups excluding carboxylic acids is 1. The van der Waals surface area contributed by atoms with Crippen molar-refractivity contribution < 1.29 is 22.7 Å². The van der Waals surface area contributed by atoms with Crippen molar-refractivity contribution in [3.05, 3.63) is 65.4 Å². The molecule has 0 aliphatic rings. The summed E-state index contributed by atoms with van der Waals surface area (Å²) in [5.74, 6) is -0.672. The third-order valence-corrected chi connectivity index (χ3v) is 4.00. The van der Waals surface area contributed by atoms with Crippen LogP contribution < -0.4 is 5.32 Å². The minimum absolute atomic E-state index is 0.0554. The second kappa shape index (κ2) is 7.56. The van der Waals surface area contributed by atoms with E-state index in [1.54, 1.807) is 31.2 Å². The second-order valence-corrected chi connectivity index (χ2v) is 5.78. The Morgan fingerprint density at radius 1 is 1.25 bits per heavy atom. The average molecular weight is 385 g/mol. The third-order valence-electron chi connectivity index (χ3n) is 4.00. The number of para-hydroxylation sites is 1. The van der Waals surface area contributed by atoms with Gasteiger partial charge in [0.25, 0.3) is 0 Å². The van der Waals surface area contributed by atoms with Gasteiger partial charge in [0, 0.05) is 11.6 Å². The summed E-state index contributed by atoms with van der Waals surface area (Å²) in [6, 6.07) is 11.7. The summed E-state index contributed by atoms with van der Waals surface area (Å²) >= 11 is 0. The number of nitrogens with zero attached hydrogens (tertiary/aromatic N) is 2. The van der Waals surface area contributed by atoms with Crippen molar-refractivity contribution in [3.63, 3.8) is 0 Å². The fraction of sp³-hybridized carbons (Fsp3) is 0.150. The summed E-state index contributed by atoms with van der Waals surface area (Å²) < 4.78 is 44.1. The van der Waals surface area contributed by atoms with Crippen LogP contribution in [-0.4, -0.2) is 17.6 Å². The van der Waals surface area contributed by atoms with Crippen molar-refractivity contribution in [1.82, 2.24) is 4.98 Å². The van der Waals surface area contributed by atoms with Crippen LogP contribution >= 0.6 is 0 Å². The summed E-state index contributed by atoms with van der Waals surface area (Å²) in [7, 11) is 0. The lowest BCUT2D eigenvalue weighted by Gasteiger charge is -2.16. The monoisotopic (exact) mass is 385 g/mol. The zero-order valence-corrected chi connectivity index (χ0v) is 14.7. The number of alkyl halides is 3. The predicted molar refractivity (Wildman–Crippen MR) is 97.1 cm³/mol. The Labute approximate surface area is 158 Å². The summed E-state index contributed by atoms with van der Waals surface area (Å²) in [6.45, 7) is 1.76. The zero-order chi connectivity index (χ0) is 20.3. The van der Waals surface area contributed by atoms with Gasteiger partial charge in [0.1, 0.15) is 11.6 Å². The van der Waals surface area contributed by atoms with Gasteiger partial charge in [0.05, 0.1) is 34.6 Å². The maximum Gasteiger partial charge on any atom is 0.416 e. The van der Waals surface area contributed by atoms with Crippen molar-refractivity contribution in [2.24, 2.45) is 0 Å². The molecule has 0 aliphatic heterocycles. The minimum Gasteiger partial charge on any atom is -0.462 e. The van der Waals surface area contributed by atoms with E-state index in [0.29, 0.717) is 16.6 Å². The molecule has 0 radical (unpaired) electrons. The lowest BCUT2D eigenvalue weighted by Crippen LogP contribution is -2.10. The summed E-state index contributed by atoms with van der Waals surface area (Å²) in [6.07, 6.45) is -3.35. The SMILES string of the molecule is CCOC(=O)c1cnc2cc(C(F)(F)F)ccc2c1Nc1ccccc1C#N. The number of ether oxygens (including phenoxy) is 1. The highest BCUT2D eigenvalue weighted by Crippen LogP contribution is 2.35. The van der Waals surface area contributed by atoms with Gasteiger partial charge >= 0.3 is 12.1 Å². The van der Waals surface area contributed by atoms with E-state index in [2.05, 4.69) is 10.3 Å². The van der Waals surface area contributed by atoms with E-state index in [9.17, 15) is 23.2 Å². The van der Waals surface area contributed by atoms with Crippen LogP contribution in [0.3, 0.4) is 0 Å². The number of halogens is 3. The summed E-state index contributed by atoms with van der Waals surface area (Å²) in [4.78, 5) is 16.3. The first-order chi connectivity index (χ1) is 13.3. The van der Waals surface area contributed by atoms with Crippen molar-refractivity contribution >= 4 is 28.2 Å². The third kappa shape index (κ3) is 3.74. The Morgan fingerprint density at radius 3 is 2.68 bits per heavy atom. The number of hydrogen-bond acceptors (Lipinski definition) is 5. The number of carbonyl (C=O) groups is 1. The van der Waals surface area contributed by atoms with E-state index in [1.165, 1.54) is 6.07 Å². The molecule has 0 fully saturated rings. The molecular weight excluding hydrogens is 371 g/mol. The first-order valence-corrected chi connectivity index (χ1v) is 8.28. The molecule has 0 saturated carbocycles. The van der Waals surface area contributed by atoms with Gasteiger partial charge in [-0.25, -0.2) is 4.79 Å². The molecule has 0 unspecified atom stereocenters. The van der Waals surface area contributed by atoms with E-state index < -0.39 is 17.7 Å². The highest BCUT2D eigenvalue weighted by atomic mass is 19.4. The fourth-order valence-electron chi connectivity index (χ4n) is 2.69. The van der Waals surface area contributed by atoms with E-state index in [0.717, 1.165) is 18.3 Å². The maximum atomic E-state index is 13.0. The number of hydrogen-bond donors (Lipinski definition) is 1. The van der Waals surface area contributed by atoms with Crippen LogP contribution in [0.25, 0.3) is 10.9 Å². The van der Waals surface area contributed by atoms with E-state index in [1.807, 2.05) is 6.07 Å². The zero-order valence-electron chi connectivity index (χ0n) is 14.7. The van der Waals surface area contributed by atoms with Crippen LogP contribution in [0.15, 0.2) is 48.7 Å². The van der Waals surface area contributed by atoms with Crippen LogP contribution in [0, 0.1) is 11.3 Å². The average Bonchev–Trinajstić information content (AvgIpc) is 2.67. The molecule has 142 valence electrons. The molecule has 0 aliphatic carbocycles. The molecule has 28 heavy (non-hydrogen) atoms. The van der Waals surface area contributed by atoms with E-state index in [-0.39, 0.29) is 23.4 Å². The van der Waals surface area contributed by atoms with Crippen molar-refractivity contribution in [2.75, 3.05) is 11.9 Å². The molecule has 5 nitrogen and oxygen atoms in total. The van der Waals surface area contributed by atoms with Gasteiger partial charge in [-0.1, -0.05) is 18.2 Å². The summed E-state index contributed by atoms with van der Waals surface area (Å²) in [5, 5.41) is 12.6. The number of pyridine rings is 1. The number of benzene rings is 2. The highest BCUT2D eigenvalue weighted by molar-refractivity contribution is 6.06. The quantitative estimate of drug-likeness (QED) is 0.637. The van der Waals surface area contributed by atoms with Gasteiger partial charge in [-0.3, -0.25) is 4.98 Å². The first-order valence-electron chi connectivity index (χ1n) is 8.28. The molecule has 8 heteroatoms. The lowest BCUT2D eigenvalue weighted by molar-refractivity contribution is -0.137. The van der Waals surface area contributed by atoms with Crippen LogP contribution in [0.4, 0.5) is 24.5 Å².